The van der Waals surface area contributed by atoms with Gasteiger partial charge in [0.15, 0.2) is 0 Å². The van der Waals surface area contributed by atoms with E-state index in [9.17, 15) is 33.6 Å². The molecule has 19 heteroatoms. The summed E-state index contributed by atoms with van der Waals surface area (Å²) in [5.41, 5.74) is 13.0. The molecule has 0 aromatic rings. The minimum absolute atomic E-state index is 0.0232. The van der Waals surface area contributed by atoms with Gasteiger partial charge in [0.1, 0.15) is 24.2 Å². The van der Waals surface area contributed by atoms with E-state index in [2.05, 4.69) is 63.5 Å². The van der Waals surface area contributed by atoms with Crippen LogP contribution in [0, 0.1) is 0 Å². The van der Waals surface area contributed by atoms with Crippen LogP contribution in [-0.4, -0.2) is 121 Å². The Bertz CT molecular complexity index is 1860. The van der Waals surface area contributed by atoms with Crippen LogP contribution in [0.4, 0.5) is 0 Å². The van der Waals surface area contributed by atoms with Crippen molar-refractivity contribution in [2.24, 2.45) is 16.5 Å². The number of nitrogens with one attached hydrogen (secondary N) is 6. The number of allylic oxidation sites excluding steroid dienone is 1. The van der Waals surface area contributed by atoms with Crippen LogP contribution in [0.25, 0.3) is 0 Å². The summed E-state index contributed by atoms with van der Waals surface area (Å²) in [7, 11) is 0. The number of rotatable bonds is 62. The van der Waals surface area contributed by atoms with E-state index in [1.165, 1.54) is 128 Å². The maximum Gasteiger partial charge on any atom is 0.243 e. The van der Waals surface area contributed by atoms with Crippen molar-refractivity contribution in [2.75, 3.05) is 38.6 Å². The average molecular weight is 1280 g/mol. The quantitative estimate of drug-likeness (QED) is 0.00945. The lowest BCUT2D eigenvalue weighted by Gasteiger charge is -2.28. The molecule has 0 heterocycles. The Morgan fingerprint density at radius 1 is 0.523 bits per heavy atom. The van der Waals surface area contributed by atoms with Crippen molar-refractivity contribution in [3.63, 3.8) is 0 Å². The van der Waals surface area contributed by atoms with Gasteiger partial charge in [-0.25, -0.2) is 4.42 Å². The van der Waals surface area contributed by atoms with E-state index in [0.717, 1.165) is 70.6 Å². The molecule has 0 aromatic heterocycles. The van der Waals surface area contributed by atoms with E-state index in [0.29, 0.717) is 116 Å². The number of amides is 7. The van der Waals surface area contributed by atoms with Gasteiger partial charge >= 0.3 is 0 Å². The lowest BCUT2D eigenvalue weighted by Crippen LogP contribution is -2.58. The predicted octanol–water partition coefficient (Wildman–Crippen LogP) is 13.3. The van der Waals surface area contributed by atoms with Gasteiger partial charge in [-0.3, -0.25) is 33.6 Å². The summed E-state index contributed by atoms with van der Waals surface area (Å²) in [4.78, 5) is 98.3. The van der Waals surface area contributed by atoms with Crippen LogP contribution in [-0.2, 0) is 33.6 Å². The van der Waals surface area contributed by atoms with Crippen LogP contribution >= 0.6 is 23.4 Å². The summed E-state index contributed by atoms with van der Waals surface area (Å²) in [6.45, 7) is 10.4. The molecule has 0 aliphatic heterocycles. The van der Waals surface area contributed by atoms with Crippen LogP contribution in [0.1, 0.15) is 309 Å². The second-order valence-electron chi connectivity index (χ2n) is 25.1. The molecule has 0 saturated carbocycles. The number of unbranched alkanes of at least 4 members (excludes halogenated alkanes) is 28. The number of aliphatic imine (C=N–C) groups is 1. The Morgan fingerprint density at radius 2 is 0.909 bits per heavy atom. The Balaban J connectivity index is 2.92. The Kier molecular flexibility index (Phi) is 54.5. The van der Waals surface area contributed by atoms with E-state index in [1.807, 2.05) is 0 Å². The van der Waals surface area contributed by atoms with Crippen LogP contribution in [0.2, 0.25) is 0 Å². The number of carbonyl (C=O) groups excluding carboxylic acids is 7. The molecule has 1 aliphatic rings. The van der Waals surface area contributed by atoms with E-state index >= 15 is 0 Å². The van der Waals surface area contributed by atoms with Crippen molar-refractivity contribution in [2.45, 2.75) is 339 Å². The third-order valence-corrected chi connectivity index (χ3v) is 17.8. The molecule has 510 valence electrons. The van der Waals surface area contributed by atoms with Gasteiger partial charge in [0.25, 0.3) is 0 Å². The third kappa shape index (κ3) is 46.3. The zero-order valence-electron chi connectivity index (χ0n) is 55.6. The first-order valence-corrected chi connectivity index (χ1v) is 36.5. The molecular weight excluding hydrogens is 1150 g/mol. The predicted molar refractivity (Wildman–Crippen MR) is 365 cm³/mol. The fourth-order valence-corrected chi connectivity index (χ4v) is 12.1. The Hall–Kier alpha value is -3.80. The van der Waals surface area contributed by atoms with Crippen molar-refractivity contribution < 1.29 is 33.6 Å². The highest BCUT2D eigenvalue weighted by Gasteiger charge is 2.31. The number of alkyl halides is 1. The van der Waals surface area contributed by atoms with Crippen molar-refractivity contribution in [3.05, 3.63) is 11.6 Å². The maximum atomic E-state index is 14.3. The van der Waals surface area contributed by atoms with Crippen LogP contribution < -0.4 is 43.4 Å². The molecule has 0 radical (unpaired) electrons. The molecule has 0 spiro atoms. The summed E-state index contributed by atoms with van der Waals surface area (Å²) < 4.78 is 1.79. The summed E-state index contributed by atoms with van der Waals surface area (Å²) in [6.07, 6.45) is 44.9. The normalized spacial score (nSPS) is 14.5. The first kappa shape index (κ1) is 82.2. The van der Waals surface area contributed by atoms with E-state index in [-0.39, 0.29) is 49.4 Å². The van der Waals surface area contributed by atoms with Gasteiger partial charge in [-0.2, -0.15) is 0 Å². The first-order valence-electron chi connectivity index (χ1n) is 35.6. The molecule has 5 atom stereocenters. The lowest BCUT2D eigenvalue weighted by molar-refractivity contribution is -0.134. The van der Waals surface area contributed by atoms with Crippen LogP contribution in [0.5, 0.6) is 0 Å². The molecular formula is C69H128Cl2N10O7. The Labute approximate surface area is 544 Å². The van der Waals surface area contributed by atoms with E-state index < -0.39 is 47.8 Å². The molecule has 0 saturated heterocycles. The standard InChI is InChI=1S/C69H128Cl2N10O7/c1-4-6-8-10-12-14-16-18-20-22-24-26-28-44-63(82)75-55-37-33-42-60(77-65(84)45-29-27-25-23-21-19-17-15-13-11-9-7-5-2)67(86)79-61(41-30-34-52-72)69(88)80-62(43-31-35-53-74-3)68(87)78-59(66(73)85)40-32-36-54-76-64(83)46-38-39-57-47-49-58(50-48-57)81(71)56-51-70/h47,58-62H,3-46,48-56,72H2,1-2H3,(H2,73,85)(H,75,82)(H,76,83)(H,77,84)(H,78,87)(H,79,86)(H,80,88)/t58?,59-,60+,61?,62+/m1/s1. The monoisotopic (exact) mass is 1280 g/mol. The zero-order chi connectivity index (χ0) is 64.5. The summed E-state index contributed by atoms with van der Waals surface area (Å²) >= 11 is 12.2. The summed E-state index contributed by atoms with van der Waals surface area (Å²) in [6, 6.07) is -3.80. The number of hydrogen-bond donors (Lipinski definition) is 8. The third-order valence-electron chi connectivity index (χ3n) is 17.2. The van der Waals surface area contributed by atoms with Gasteiger partial charge < -0.3 is 48.4 Å². The van der Waals surface area contributed by atoms with Gasteiger partial charge in [0.2, 0.25) is 41.4 Å². The molecule has 10 N–H and O–H groups in total. The number of halogens is 2. The smallest absolute Gasteiger partial charge is 0.243 e. The average Bonchev–Trinajstić information content (AvgIpc) is 3.60. The number of nitrogens with two attached hydrogens (primary N) is 2. The largest absolute Gasteiger partial charge is 0.368 e. The highest BCUT2D eigenvalue weighted by molar-refractivity contribution is 6.19. The molecule has 0 bridgehead atoms. The van der Waals surface area contributed by atoms with Crippen molar-refractivity contribution in [3.8, 4) is 0 Å². The van der Waals surface area contributed by atoms with Gasteiger partial charge in [-0.05, 0) is 147 Å². The molecule has 1 rings (SSSR count). The summed E-state index contributed by atoms with van der Waals surface area (Å²) in [5, 5.41) is 17.6. The molecule has 88 heavy (non-hydrogen) atoms. The maximum absolute atomic E-state index is 14.3. The second-order valence-corrected chi connectivity index (χ2v) is 25.9. The van der Waals surface area contributed by atoms with Gasteiger partial charge in [0, 0.05) is 57.4 Å². The molecule has 7 amide bonds. The molecule has 1 aliphatic carbocycles. The highest BCUT2D eigenvalue weighted by Crippen LogP contribution is 2.27. The second kappa shape index (κ2) is 58.3. The Morgan fingerprint density at radius 3 is 1.32 bits per heavy atom. The van der Waals surface area contributed by atoms with Gasteiger partial charge in [-0.1, -0.05) is 180 Å². The molecule has 0 fully saturated rings. The van der Waals surface area contributed by atoms with Crippen LogP contribution in [0.15, 0.2) is 16.6 Å². The molecule has 0 aromatic carbocycles. The van der Waals surface area contributed by atoms with E-state index in [4.69, 9.17) is 34.8 Å². The fraction of sp³-hybridized carbons (Fsp3) is 0.855. The van der Waals surface area contributed by atoms with Crippen LogP contribution in [0.3, 0.4) is 0 Å². The SMILES string of the molecule is C=NCCCC[C@H](NC(=O)C(CCCCN)NC(=O)[C@H](CCCCNC(=O)CCCCCCCCCCCCCCC)NC(=O)CCCCCCCCCCCCCCC)C(=O)N[C@H](CCCCNC(=O)CCCC1=CCC(N(Cl)CCCl)CC1)C(N)=O. The first-order chi connectivity index (χ1) is 42.8. The minimum atomic E-state index is -1.07. The van der Waals surface area contributed by atoms with E-state index in [1.54, 1.807) is 4.42 Å². The van der Waals surface area contributed by atoms with Crippen molar-refractivity contribution in [1.82, 2.24) is 36.3 Å². The number of hydrogen-bond acceptors (Lipinski definition) is 10. The fourth-order valence-electron chi connectivity index (χ4n) is 11.5. The molecule has 2 unspecified atom stereocenters. The highest BCUT2D eigenvalue weighted by atomic mass is 35.5. The van der Waals surface area contributed by atoms with Crippen molar-refractivity contribution in [1.29, 1.82) is 0 Å². The zero-order valence-corrected chi connectivity index (χ0v) is 57.1. The number of carbonyl (C=O) groups is 7. The lowest BCUT2D eigenvalue weighted by atomic mass is 9.92. The van der Waals surface area contributed by atoms with Gasteiger partial charge in [0.05, 0.1) is 0 Å². The van der Waals surface area contributed by atoms with Crippen molar-refractivity contribution >= 4 is 71.4 Å². The number of primary amides is 1. The molecule has 17 nitrogen and oxygen atoms in total. The number of nitrogens with zero attached hydrogens (tertiary/aromatic N) is 2. The minimum Gasteiger partial charge on any atom is -0.368 e. The van der Waals surface area contributed by atoms with Gasteiger partial charge in [-0.15, -0.1) is 11.6 Å². The topological polar surface area (TPSA) is 259 Å². The summed E-state index contributed by atoms with van der Waals surface area (Å²) in [5.74, 6) is -2.14.